The lowest BCUT2D eigenvalue weighted by Gasteiger charge is -2.21. The summed E-state index contributed by atoms with van der Waals surface area (Å²) >= 11 is 0. The Bertz CT molecular complexity index is 817. The first-order valence-electron chi connectivity index (χ1n) is 8.44. The van der Waals surface area contributed by atoms with Crippen molar-refractivity contribution in [2.24, 2.45) is 0 Å². The van der Waals surface area contributed by atoms with Gasteiger partial charge in [0.1, 0.15) is 5.75 Å². The van der Waals surface area contributed by atoms with Gasteiger partial charge in [-0.1, -0.05) is 60.7 Å². The second-order valence-electron chi connectivity index (χ2n) is 5.88. The van der Waals surface area contributed by atoms with Gasteiger partial charge in [0.25, 0.3) is 0 Å². The van der Waals surface area contributed by atoms with Gasteiger partial charge in [-0.25, -0.2) is 4.79 Å². The Balaban J connectivity index is 1.75. The largest absolute Gasteiger partial charge is 0.497 e. The zero-order valence-electron chi connectivity index (χ0n) is 14.7. The summed E-state index contributed by atoms with van der Waals surface area (Å²) in [6, 6.07) is 26.7. The van der Waals surface area contributed by atoms with E-state index in [1.807, 2.05) is 72.8 Å². The highest BCUT2D eigenvalue weighted by Crippen LogP contribution is 2.16. The fraction of sp³-hybridized carbons (Fsp3) is 0.136. The van der Waals surface area contributed by atoms with E-state index in [0.717, 1.165) is 16.9 Å². The molecule has 3 aromatic rings. The van der Waals surface area contributed by atoms with Crippen molar-refractivity contribution >= 4 is 5.97 Å². The van der Waals surface area contributed by atoms with Crippen LogP contribution in [0.4, 0.5) is 0 Å². The minimum Gasteiger partial charge on any atom is -0.497 e. The predicted molar refractivity (Wildman–Crippen MR) is 101 cm³/mol. The molecule has 0 spiro atoms. The summed E-state index contributed by atoms with van der Waals surface area (Å²) in [5.41, 5.74) is 2.63. The van der Waals surface area contributed by atoms with Gasteiger partial charge in [-0.3, -0.25) is 0 Å². The first kappa shape index (κ1) is 17.7. The van der Waals surface area contributed by atoms with E-state index in [-0.39, 0.29) is 5.97 Å². The molecule has 3 aromatic carbocycles. The van der Waals surface area contributed by atoms with Crippen LogP contribution in [0.2, 0.25) is 0 Å². The van der Waals surface area contributed by atoms with Gasteiger partial charge in [0.05, 0.1) is 25.8 Å². The van der Waals surface area contributed by atoms with Gasteiger partial charge in [0, 0.05) is 0 Å². The number of hydrogen-bond acceptors (Lipinski definition) is 4. The molecule has 0 fully saturated rings. The fourth-order valence-corrected chi connectivity index (χ4v) is 2.59. The summed E-state index contributed by atoms with van der Waals surface area (Å²) in [6.45, 7) is 0.989. The van der Waals surface area contributed by atoms with E-state index < -0.39 is 0 Å². The third kappa shape index (κ3) is 4.94. The Morgan fingerprint density at radius 1 is 0.769 bits per heavy atom. The van der Waals surface area contributed by atoms with Crippen LogP contribution in [-0.4, -0.2) is 18.1 Å². The van der Waals surface area contributed by atoms with Crippen molar-refractivity contribution in [3.8, 4) is 5.75 Å². The van der Waals surface area contributed by atoms with Crippen LogP contribution in [0.15, 0.2) is 84.9 Å². The highest BCUT2D eigenvalue weighted by atomic mass is 16.7. The third-order valence-corrected chi connectivity index (χ3v) is 3.94. The normalized spacial score (nSPS) is 10.5. The molecule has 0 bridgehead atoms. The second-order valence-corrected chi connectivity index (χ2v) is 5.88. The molecule has 0 N–H and O–H groups in total. The molecule has 0 saturated carbocycles. The van der Waals surface area contributed by atoms with Crippen LogP contribution in [-0.2, 0) is 17.9 Å². The van der Waals surface area contributed by atoms with Gasteiger partial charge in [0.15, 0.2) is 0 Å². The SMILES string of the molecule is COc1ccc(CN(Cc2ccccc2)OC(=O)c2ccccc2)cc1. The van der Waals surface area contributed by atoms with E-state index in [2.05, 4.69) is 0 Å². The van der Waals surface area contributed by atoms with Crippen molar-refractivity contribution in [3.05, 3.63) is 102 Å². The number of carbonyl (C=O) groups excluding carboxylic acids is 1. The average molecular weight is 347 g/mol. The molecule has 0 radical (unpaired) electrons. The van der Waals surface area contributed by atoms with Crippen LogP contribution in [0, 0.1) is 0 Å². The molecule has 26 heavy (non-hydrogen) atoms. The van der Waals surface area contributed by atoms with Gasteiger partial charge in [-0.05, 0) is 35.4 Å². The van der Waals surface area contributed by atoms with Crippen molar-refractivity contribution in [1.82, 2.24) is 5.06 Å². The minimum absolute atomic E-state index is 0.366. The van der Waals surface area contributed by atoms with Gasteiger partial charge in [-0.15, -0.1) is 5.06 Å². The van der Waals surface area contributed by atoms with Crippen molar-refractivity contribution in [1.29, 1.82) is 0 Å². The zero-order valence-corrected chi connectivity index (χ0v) is 14.7. The number of methoxy groups -OCH3 is 1. The van der Waals surface area contributed by atoms with E-state index in [1.54, 1.807) is 24.3 Å². The molecule has 0 amide bonds. The Morgan fingerprint density at radius 2 is 1.31 bits per heavy atom. The molecule has 0 aliphatic heterocycles. The summed E-state index contributed by atoms with van der Waals surface area (Å²) < 4.78 is 5.19. The van der Waals surface area contributed by atoms with Gasteiger partial charge in [-0.2, -0.15) is 0 Å². The molecule has 0 aliphatic rings. The molecule has 0 aliphatic carbocycles. The highest BCUT2D eigenvalue weighted by molar-refractivity contribution is 5.89. The summed E-state index contributed by atoms with van der Waals surface area (Å²) in [5, 5.41) is 1.67. The van der Waals surface area contributed by atoms with Gasteiger partial charge in [0.2, 0.25) is 0 Å². The molecular formula is C22H21NO3. The molecule has 0 heterocycles. The number of benzene rings is 3. The smallest absolute Gasteiger partial charge is 0.357 e. The van der Waals surface area contributed by atoms with E-state index in [4.69, 9.17) is 9.57 Å². The predicted octanol–water partition coefficient (Wildman–Crippen LogP) is 4.47. The van der Waals surface area contributed by atoms with Crippen molar-refractivity contribution in [3.63, 3.8) is 0 Å². The fourth-order valence-electron chi connectivity index (χ4n) is 2.59. The minimum atomic E-state index is -0.366. The van der Waals surface area contributed by atoms with Crippen LogP contribution in [0.1, 0.15) is 21.5 Å². The Hall–Kier alpha value is -3.11. The van der Waals surface area contributed by atoms with Gasteiger partial charge >= 0.3 is 5.97 Å². The molecular weight excluding hydrogens is 326 g/mol. The summed E-state index contributed by atoms with van der Waals surface area (Å²) in [4.78, 5) is 18.1. The van der Waals surface area contributed by atoms with Crippen molar-refractivity contribution in [2.45, 2.75) is 13.1 Å². The van der Waals surface area contributed by atoms with Gasteiger partial charge < -0.3 is 9.57 Å². The first-order valence-corrected chi connectivity index (χ1v) is 8.44. The third-order valence-electron chi connectivity index (χ3n) is 3.94. The topological polar surface area (TPSA) is 38.8 Å². The second kappa shape index (κ2) is 8.83. The quantitative estimate of drug-likeness (QED) is 0.591. The Labute approximate surface area is 153 Å². The molecule has 0 unspecified atom stereocenters. The molecule has 0 saturated heterocycles. The lowest BCUT2D eigenvalue weighted by atomic mass is 10.2. The van der Waals surface area contributed by atoms with Crippen LogP contribution in [0.25, 0.3) is 0 Å². The maximum Gasteiger partial charge on any atom is 0.357 e. The van der Waals surface area contributed by atoms with Crippen molar-refractivity contribution in [2.75, 3.05) is 7.11 Å². The molecule has 0 aromatic heterocycles. The molecule has 4 nitrogen and oxygen atoms in total. The molecule has 3 rings (SSSR count). The standard InChI is InChI=1S/C22H21NO3/c1-25-21-14-12-19(13-15-21)17-23(16-18-8-4-2-5-9-18)26-22(24)20-10-6-3-7-11-20/h2-15H,16-17H2,1H3. The first-order chi connectivity index (χ1) is 12.7. The van der Waals surface area contributed by atoms with Crippen LogP contribution >= 0.6 is 0 Å². The number of rotatable bonds is 7. The average Bonchev–Trinajstić information content (AvgIpc) is 2.70. The van der Waals surface area contributed by atoms with Crippen LogP contribution < -0.4 is 4.74 Å². The number of nitrogens with zero attached hydrogens (tertiary/aromatic N) is 1. The molecule has 4 heteroatoms. The molecule has 132 valence electrons. The van der Waals surface area contributed by atoms with E-state index in [9.17, 15) is 4.79 Å². The monoisotopic (exact) mass is 347 g/mol. The van der Waals surface area contributed by atoms with E-state index >= 15 is 0 Å². The van der Waals surface area contributed by atoms with Crippen LogP contribution in [0.3, 0.4) is 0 Å². The zero-order chi connectivity index (χ0) is 18.2. The Morgan fingerprint density at radius 3 is 1.88 bits per heavy atom. The van der Waals surface area contributed by atoms with Crippen LogP contribution in [0.5, 0.6) is 5.75 Å². The lowest BCUT2D eigenvalue weighted by Crippen LogP contribution is -2.26. The maximum atomic E-state index is 12.5. The molecule has 0 atom stereocenters. The lowest BCUT2D eigenvalue weighted by molar-refractivity contribution is -0.123. The van der Waals surface area contributed by atoms with E-state index in [0.29, 0.717) is 18.7 Å². The number of hydroxylamine groups is 2. The summed E-state index contributed by atoms with van der Waals surface area (Å²) in [7, 11) is 1.64. The van der Waals surface area contributed by atoms with E-state index in [1.165, 1.54) is 0 Å². The van der Waals surface area contributed by atoms with Crippen molar-refractivity contribution < 1.29 is 14.4 Å². The summed E-state index contributed by atoms with van der Waals surface area (Å²) in [6.07, 6.45) is 0. The number of carbonyl (C=O) groups is 1. The Kier molecular flexibility index (Phi) is 6.01. The highest BCUT2D eigenvalue weighted by Gasteiger charge is 2.15. The maximum absolute atomic E-state index is 12.5. The number of ether oxygens (including phenoxy) is 1. The summed E-state index contributed by atoms with van der Waals surface area (Å²) in [5.74, 6) is 0.430. The number of hydrogen-bond donors (Lipinski definition) is 0.